The van der Waals surface area contributed by atoms with Crippen molar-refractivity contribution in [2.45, 2.75) is 26.3 Å². The van der Waals surface area contributed by atoms with Crippen LogP contribution in [0, 0.1) is 0 Å². The molecule has 156 valence electrons. The normalized spacial score (nSPS) is 18.9. The summed E-state index contributed by atoms with van der Waals surface area (Å²) in [6, 6.07) is 7.80. The van der Waals surface area contributed by atoms with Gasteiger partial charge in [0.15, 0.2) is 5.17 Å². The van der Waals surface area contributed by atoms with Crippen LogP contribution in [0.3, 0.4) is 0 Å². The van der Waals surface area contributed by atoms with Gasteiger partial charge in [-0.3, -0.25) is 9.69 Å². The third kappa shape index (κ3) is 3.77. The van der Waals surface area contributed by atoms with E-state index in [9.17, 15) is 9.59 Å². The van der Waals surface area contributed by atoms with Gasteiger partial charge in [0.1, 0.15) is 17.6 Å². The van der Waals surface area contributed by atoms with E-state index in [1.165, 1.54) is 16.7 Å². The van der Waals surface area contributed by atoms with E-state index in [1.807, 2.05) is 0 Å². The number of hydrogen-bond acceptors (Lipinski definition) is 6. The van der Waals surface area contributed by atoms with Gasteiger partial charge in [0, 0.05) is 22.8 Å². The Kier molecular flexibility index (Phi) is 5.95. The number of hydrogen-bond donors (Lipinski definition) is 0. The predicted octanol–water partition coefficient (Wildman–Crippen LogP) is 5.47. The average Bonchev–Trinajstić information content (AvgIpc) is 3.18. The lowest BCUT2D eigenvalue weighted by molar-refractivity contribution is -0.139. The minimum Gasteiger partial charge on any atom is -0.463 e. The summed E-state index contributed by atoms with van der Waals surface area (Å²) < 4.78 is 11.4. The largest absolute Gasteiger partial charge is 0.463 e. The lowest BCUT2D eigenvalue weighted by atomic mass is 9.99. The molecule has 2 aliphatic rings. The van der Waals surface area contributed by atoms with E-state index >= 15 is 0 Å². The number of amides is 1. The van der Waals surface area contributed by atoms with E-state index in [2.05, 4.69) is 4.99 Å². The van der Waals surface area contributed by atoms with Crippen LogP contribution in [0.1, 0.15) is 32.1 Å². The molecule has 1 amide bonds. The molecule has 6 nitrogen and oxygen atoms in total. The summed E-state index contributed by atoms with van der Waals surface area (Å²) in [4.78, 5) is 31.6. The number of furan rings is 1. The van der Waals surface area contributed by atoms with Gasteiger partial charge in [-0.1, -0.05) is 35.0 Å². The zero-order valence-corrected chi connectivity index (χ0v) is 18.6. The standard InChI is InChI=1S/C21H18Cl2N2O4S/c1-3-28-20(27)18-11(2)24-21-25(17(26)8-9-30-21)19(18)16-7-6-15(29-16)13-10-12(22)4-5-14(13)23/h4-7,10,19H,3,8-9H2,1-2H3/t19-/m1/s1. The smallest absolute Gasteiger partial charge is 0.338 e. The molecule has 0 radical (unpaired) electrons. The minimum atomic E-state index is -0.761. The number of thioether (sulfide) groups is 1. The molecule has 0 aliphatic carbocycles. The van der Waals surface area contributed by atoms with Crippen molar-refractivity contribution in [3.05, 3.63) is 57.4 Å². The fourth-order valence-electron chi connectivity index (χ4n) is 3.47. The molecular weight excluding hydrogens is 447 g/mol. The molecule has 30 heavy (non-hydrogen) atoms. The molecule has 0 bridgehead atoms. The van der Waals surface area contributed by atoms with Crippen molar-refractivity contribution in [3.63, 3.8) is 0 Å². The number of carbonyl (C=O) groups is 2. The number of carbonyl (C=O) groups excluding carboxylic acids is 2. The van der Waals surface area contributed by atoms with Crippen LogP contribution in [-0.2, 0) is 14.3 Å². The molecule has 4 rings (SSSR count). The summed E-state index contributed by atoms with van der Waals surface area (Å²) in [6.45, 7) is 3.68. The highest BCUT2D eigenvalue weighted by Crippen LogP contribution is 2.42. The Bertz CT molecular complexity index is 1090. The minimum absolute atomic E-state index is 0.120. The number of ether oxygens (including phenoxy) is 1. The number of nitrogens with zero attached hydrogens (tertiary/aromatic N) is 2. The monoisotopic (exact) mass is 464 g/mol. The highest BCUT2D eigenvalue weighted by molar-refractivity contribution is 8.14. The molecule has 1 aromatic carbocycles. The highest BCUT2D eigenvalue weighted by Gasteiger charge is 2.43. The lowest BCUT2D eigenvalue weighted by Gasteiger charge is -2.37. The third-order valence-corrected chi connectivity index (χ3v) is 6.31. The van der Waals surface area contributed by atoms with Gasteiger partial charge in [0.25, 0.3) is 0 Å². The fraction of sp³-hybridized carbons (Fsp3) is 0.286. The fourth-order valence-corrected chi connectivity index (χ4v) is 4.86. The summed E-state index contributed by atoms with van der Waals surface area (Å²) in [5.74, 6) is 0.909. The van der Waals surface area contributed by atoms with Crippen LogP contribution < -0.4 is 0 Å². The molecule has 3 heterocycles. The first kappa shape index (κ1) is 21.0. The molecule has 1 fully saturated rings. The second-order valence-electron chi connectivity index (χ2n) is 6.70. The Labute approximate surface area is 187 Å². The maximum absolute atomic E-state index is 12.8. The van der Waals surface area contributed by atoms with Crippen molar-refractivity contribution in [1.29, 1.82) is 0 Å². The second-order valence-corrected chi connectivity index (χ2v) is 8.61. The van der Waals surface area contributed by atoms with Gasteiger partial charge in [0.05, 0.1) is 22.9 Å². The van der Waals surface area contributed by atoms with Gasteiger partial charge in [-0.25, -0.2) is 9.79 Å². The van der Waals surface area contributed by atoms with Crippen molar-refractivity contribution in [1.82, 2.24) is 4.90 Å². The van der Waals surface area contributed by atoms with Crippen molar-refractivity contribution >= 4 is 52.0 Å². The first-order chi connectivity index (χ1) is 14.4. The molecule has 0 spiro atoms. The summed E-state index contributed by atoms with van der Waals surface area (Å²) in [5.41, 5.74) is 1.41. The summed E-state index contributed by atoms with van der Waals surface area (Å²) in [6.07, 6.45) is 0.350. The molecule has 1 atom stereocenters. The third-order valence-electron chi connectivity index (χ3n) is 4.79. The number of amidine groups is 1. The zero-order chi connectivity index (χ0) is 21.4. The van der Waals surface area contributed by atoms with Crippen molar-refractivity contribution in [3.8, 4) is 11.3 Å². The van der Waals surface area contributed by atoms with E-state index in [4.69, 9.17) is 32.4 Å². The van der Waals surface area contributed by atoms with E-state index in [0.29, 0.717) is 50.2 Å². The maximum atomic E-state index is 12.8. The van der Waals surface area contributed by atoms with Gasteiger partial charge in [-0.2, -0.15) is 0 Å². The Morgan fingerprint density at radius 1 is 1.33 bits per heavy atom. The van der Waals surface area contributed by atoms with E-state index in [0.717, 1.165) is 0 Å². The Morgan fingerprint density at radius 2 is 2.13 bits per heavy atom. The van der Waals surface area contributed by atoms with Gasteiger partial charge in [0.2, 0.25) is 5.91 Å². The van der Waals surface area contributed by atoms with E-state index in [-0.39, 0.29) is 18.1 Å². The molecule has 2 aromatic rings. The first-order valence-electron chi connectivity index (χ1n) is 9.37. The summed E-state index contributed by atoms with van der Waals surface area (Å²) in [7, 11) is 0. The number of fused-ring (bicyclic) bond motifs is 1. The zero-order valence-electron chi connectivity index (χ0n) is 16.3. The number of allylic oxidation sites excluding steroid dienone is 1. The van der Waals surface area contributed by atoms with Crippen LogP contribution in [0.2, 0.25) is 10.0 Å². The molecule has 1 aromatic heterocycles. The SMILES string of the molecule is CCOC(=O)C1=C(C)N=C2SCCC(=O)N2[C@@H]1c1ccc(-c2cc(Cl)ccc2Cl)o1. The number of aliphatic imine (C=N–C) groups is 1. The second kappa shape index (κ2) is 8.49. The highest BCUT2D eigenvalue weighted by atomic mass is 35.5. The Balaban J connectivity index is 1.83. The van der Waals surface area contributed by atoms with Crippen molar-refractivity contribution in [2.75, 3.05) is 12.4 Å². The van der Waals surface area contributed by atoms with Crippen LogP contribution in [0.25, 0.3) is 11.3 Å². The van der Waals surface area contributed by atoms with E-state index < -0.39 is 12.0 Å². The average molecular weight is 465 g/mol. The number of halogens is 2. The van der Waals surface area contributed by atoms with Crippen molar-refractivity contribution < 1.29 is 18.7 Å². The Morgan fingerprint density at radius 3 is 2.90 bits per heavy atom. The van der Waals surface area contributed by atoms with Gasteiger partial charge >= 0.3 is 5.97 Å². The Hall–Kier alpha value is -2.22. The van der Waals surface area contributed by atoms with E-state index in [1.54, 1.807) is 44.2 Å². The molecule has 9 heteroatoms. The van der Waals surface area contributed by atoms with Crippen LogP contribution in [-0.4, -0.2) is 34.3 Å². The molecule has 1 saturated heterocycles. The van der Waals surface area contributed by atoms with Crippen LogP contribution in [0.5, 0.6) is 0 Å². The molecule has 0 saturated carbocycles. The van der Waals surface area contributed by atoms with Crippen LogP contribution in [0.4, 0.5) is 0 Å². The van der Waals surface area contributed by atoms with Gasteiger partial charge in [-0.05, 0) is 44.2 Å². The first-order valence-corrected chi connectivity index (χ1v) is 11.1. The van der Waals surface area contributed by atoms with Gasteiger partial charge in [-0.15, -0.1) is 0 Å². The number of rotatable bonds is 4. The van der Waals surface area contributed by atoms with Crippen LogP contribution >= 0.6 is 35.0 Å². The quantitative estimate of drug-likeness (QED) is 0.561. The molecule has 0 N–H and O–H groups in total. The molecule has 0 unspecified atom stereocenters. The van der Waals surface area contributed by atoms with Crippen LogP contribution in [0.15, 0.2) is 51.0 Å². The summed E-state index contributed by atoms with van der Waals surface area (Å²) >= 11 is 13.9. The number of esters is 1. The molecule has 2 aliphatic heterocycles. The maximum Gasteiger partial charge on any atom is 0.338 e. The predicted molar refractivity (Wildman–Crippen MR) is 118 cm³/mol. The topological polar surface area (TPSA) is 72.1 Å². The lowest BCUT2D eigenvalue weighted by Crippen LogP contribution is -2.45. The number of benzene rings is 1. The summed E-state index contributed by atoms with van der Waals surface area (Å²) in [5, 5.41) is 1.55. The molecular formula is C21H18Cl2N2O4S. The van der Waals surface area contributed by atoms with Crippen molar-refractivity contribution in [2.24, 2.45) is 4.99 Å². The van der Waals surface area contributed by atoms with Gasteiger partial charge < -0.3 is 9.15 Å².